The summed E-state index contributed by atoms with van der Waals surface area (Å²) in [5.41, 5.74) is 2.25. The number of carbonyl (C=O) groups is 1. The molecule has 29 heavy (non-hydrogen) atoms. The maximum atomic E-state index is 11.3. The lowest BCUT2D eigenvalue weighted by atomic mass is 10.0. The van der Waals surface area contributed by atoms with E-state index in [0.717, 1.165) is 55.0 Å². The van der Waals surface area contributed by atoms with Gasteiger partial charge in [0.15, 0.2) is 0 Å². The van der Waals surface area contributed by atoms with E-state index in [1.807, 2.05) is 26.2 Å². The SMILES string of the molecule is CCCCCCCCCCCCOCCCCc1cccc(C(=O)[O-])c1[NH+](C)C. The summed E-state index contributed by atoms with van der Waals surface area (Å²) in [6.07, 6.45) is 16.4. The molecule has 0 atom stereocenters. The zero-order chi connectivity index (χ0) is 21.3. The maximum Gasteiger partial charge on any atom is 0.143 e. The van der Waals surface area contributed by atoms with Crippen molar-refractivity contribution in [2.45, 2.75) is 90.4 Å². The van der Waals surface area contributed by atoms with Crippen molar-refractivity contribution < 1.29 is 19.5 Å². The number of para-hydroxylation sites is 1. The van der Waals surface area contributed by atoms with Crippen molar-refractivity contribution >= 4 is 11.7 Å². The molecule has 1 aromatic carbocycles. The largest absolute Gasteiger partial charge is 0.545 e. The number of quaternary nitrogens is 1. The lowest BCUT2D eigenvalue weighted by molar-refractivity contribution is -0.787. The van der Waals surface area contributed by atoms with Crippen molar-refractivity contribution in [2.75, 3.05) is 27.3 Å². The van der Waals surface area contributed by atoms with Gasteiger partial charge in [-0.05, 0) is 31.7 Å². The number of hydrogen-bond donors (Lipinski definition) is 1. The lowest BCUT2D eigenvalue weighted by Gasteiger charge is -2.17. The predicted molar refractivity (Wildman–Crippen MR) is 119 cm³/mol. The molecular formula is C25H43NO3. The Hall–Kier alpha value is -1.39. The quantitative estimate of drug-likeness (QED) is 0.374. The van der Waals surface area contributed by atoms with Crippen molar-refractivity contribution in [3.05, 3.63) is 29.3 Å². The van der Waals surface area contributed by atoms with Crippen LogP contribution in [0, 0.1) is 0 Å². The predicted octanol–water partition coefficient (Wildman–Crippen LogP) is 4.09. The number of nitrogens with one attached hydrogen (secondary N) is 1. The number of rotatable bonds is 18. The van der Waals surface area contributed by atoms with Gasteiger partial charge >= 0.3 is 0 Å². The van der Waals surface area contributed by atoms with Crippen LogP contribution in [0.25, 0.3) is 0 Å². The summed E-state index contributed by atoms with van der Waals surface area (Å²) < 4.78 is 5.77. The number of aryl methyl sites for hydroxylation is 1. The average molecular weight is 406 g/mol. The van der Waals surface area contributed by atoms with Gasteiger partial charge in [0.05, 0.1) is 25.6 Å². The van der Waals surface area contributed by atoms with Crippen LogP contribution in [0.3, 0.4) is 0 Å². The van der Waals surface area contributed by atoms with E-state index < -0.39 is 5.97 Å². The fourth-order valence-electron chi connectivity index (χ4n) is 3.88. The van der Waals surface area contributed by atoms with Crippen LogP contribution < -0.4 is 10.0 Å². The summed E-state index contributed by atoms with van der Waals surface area (Å²) in [7, 11) is 3.92. The topological polar surface area (TPSA) is 53.8 Å². The van der Waals surface area contributed by atoms with E-state index in [0.29, 0.717) is 5.56 Å². The Morgan fingerprint density at radius 1 is 0.862 bits per heavy atom. The van der Waals surface area contributed by atoms with E-state index in [1.165, 1.54) is 57.8 Å². The van der Waals surface area contributed by atoms with Crippen molar-refractivity contribution in [1.82, 2.24) is 0 Å². The molecule has 1 aromatic rings. The number of benzene rings is 1. The minimum absolute atomic E-state index is 0.305. The van der Waals surface area contributed by atoms with E-state index >= 15 is 0 Å². The first-order valence-corrected chi connectivity index (χ1v) is 11.8. The Balaban J connectivity index is 2.05. The second-order valence-electron chi connectivity index (χ2n) is 8.38. The highest BCUT2D eigenvalue weighted by molar-refractivity contribution is 5.91. The first-order valence-electron chi connectivity index (χ1n) is 11.8. The molecule has 0 radical (unpaired) electrons. The zero-order valence-electron chi connectivity index (χ0n) is 19.1. The van der Waals surface area contributed by atoms with Crippen LogP contribution in [0.15, 0.2) is 18.2 Å². The van der Waals surface area contributed by atoms with Gasteiger partial charge in [-0.2, -0.15) is 0 Å². The Morgan fingerprint density at radius 3 is 1.97 bits per heavy atom. The molecule has 0 amide bonds. The van der Waals surface area contributed by atoms with E-state index in [2.05, 4.69) is 6.92 Å². The van der Waals surface area contributed by atoms with Gasteiger partial charge in [0.1, 0.15) is 5.69 Å². The fourth-order valence-corrected chi connectivity index (χ4v) is 3.88. The molecule has 0 fully saturated rings. The minimum atomic E-state index is -1.09. The smallest absolute Gasteiger partial charge is 0.143 e. The van der Waals surface area contributed by atoms with Gasteiger partial charge in [-0.3, -0.25) is 0 Å². The third-order valence-electron chi connectivity index (χ3n) is 5.50. The maximum absolute atomic E-state index is 11.3. The second kappa shape index (κ2) is 16.4. The highest BCUT2D eigenvalue weighted by Gasteiger charge is 2.15. The molecule has 0 aliphatic rings. The molecule has 0 heterocycles. The zero-order valence-corrected chi connectivity index (χ0v) is 19.1. The highest BCUT2D eigenvalue weighted by atomic mass is 16.5. The summed E-state index contributed by atoms with van der Waals surface area (Å²) >= 11 is 0. The van der Waals surface area contributed by atoms with Crippen LogP contribution in [0.2, 0.25) is 0 Å². The molecule has 0 aromatic heterocycles. The molecule has 0 aliphatic carbocycles. The van der Waals surface area contributed by atoms with Gasteiger partial charge in [-0.25, -0.2) is 0 Å². The minimum Gasteiger partial charge on any atom is -0.545 e. The number of hydrogen-bond acceptors (Lipinski definition) is 3. The van der Waals surface area contributed by atoms with Crippen LogP contribution in [-0.2, 0) is 11.2 Å². The Morgan fingerprint density at radius 2 is 1.41 bits per heavy atom. The number of aromatic carboxylic acids is 1. The first kappa shape index (κ1) is 25.6. The molecule has 1 N–H and O–H groups in total. The number of carboxylic acids is 1. The first-order chi connectivity index (χ1) is 14.1. The third kappa shape index (κ3) is 11.4. The Kier molecular flexibility index (Phi) is 14.5. The molecule has 0 bridgehead atoms. The molecule has 0 saturated heterocycles. The lowest BCUT2D eigenvalue weighted by Crippen LogP contribution is -3.01. The van der Waals surface area contributed by atoms with E-state index in [-0.39, 0.29) is 0 Å². The normalized spacial score (nSPS) is 11.3. The Bertz CT molecular complexity index is 557. The van der Waals surface area contributed by atoms with E-state index in [1.54, 1.807) is 6.07 Å². The molecule has 0 aliphatic heterocycles. The monoisotopic (exact) mass is 405 g/mol. The number of unbranched alkanes of at least 4 members (excludes halogenated alkanes) is 10. The molecule has 1 rings (SSSR count). The fraction of sp³-hybridized carbons (Fsp3) is 0.720. The van der Waals surface area contributed by atoms with Gasteiger partial charge in [0, 0.05) is 18.8 Å². The number of carboxylic acid groups (broad SMARTS) is 1. The van der Waals surface area contributed by atoms with Gasteiger partial charge in [0.2, 0.25) is 0 Å². The van der Waals surface area contributed by atoms with Gasteiger partial charge in [0.25, 0.3) is 0 Å². The van der Waals surface area contributed by atoms with E-state index in [4.69, 9.17) is 4.74 Å². The third-order valence-corrected chi connectivity index (χ3v) is 5.50. The van der Waals surface area contributed by atoms with E-state index in [9.17, 15) is 9.90 Å². The molecule has 0 saturated carbocycles. The summed E-state index contributed by atoms with van der Waals surface area (Å²) in [5.74, 6) is -1.09. The van der Waals surface area contributed by atoms with Crippen LogP contribution in [0.4, 0.5) is 5.69 Å². The molecule has 0 unspecified atom stereocenters. The highest BCUT2D eigenvalue weighted by Crippen LogP contribution is 2.19. The van der Waals surface area contributed by atoms with Crippen LogP contribution >= 0.6 is 0 Å². The van der Waals surface area contributed by atoms with Crippen molar-refractivity contribution in [2.24, 2.45) is 0 Å². The van der Waals surface area contributed by atoms with Crippen molar-refractivity contribution in [3.8, 4) is 0 Å². The average Bonchev–Trinajstić information content (AvgIpc) is 2.70. The molecular weight excluding hydrogens is 362 g/mol. The summed E-state index contributed by atoms with van der Waals surface area (Å²) in [6.45, 7) is 3.92. The standard InChI is InChI=1S/C25H43NO3/c1-4-5-6-7-8-9-10-11-12-14-20-29-21-15-13-17-22-18-16-19-23(25(27)28)24(22)26(2)3/h16,18-19H,4-15,17,20-21H2,1-3H3,(H,27,28). The summed E-state index contributed by atoms with van der Waals surface area (Å²) in [4.78, 5) is 12.4. The number of ether oxygens (including phenoxy) is 1. The second-order valence-corrected chi connectivity index (χ2v) is 8.38. The van der Waals surface area contributed by atoms with Gasteiger partial charge in [-0.1, -0.05) is 76.8 Å². The molecule has 0 spiro atoms. The Labute approximate surface area is 178 Å². The van der Waals surface area contributed by atoms with Gasteiger partial charge in [-0.15, -0.1) is 0 Å². The molecule has 4 heteroatoms. The van der Waals surface area contributed by atoms with Gasteiger partial charge < -0.3 is 19.5 Å². The van der Waals surface area contributed by atoms with Crippen molar-refractivity contribution in [3.63, 3.8) is 0 Å². The summed E-state index contributed by atoms with van der Waals surface area (Å²) in [6, 6.07) is 5.48. The van der Waals surface area contributed by atoms with Crippen molar-refractivity contribution in [1.29, 1.82) is 0 Å². The van der Waals surface area contributed by atoms with Crippen LogP contribution in [0.5, 0.6) is 0 Å². The summed E-state index contributed by atoms with van der Waals surface area (Å²) in [5, 5.41) is 11.3. The van der Waals surface area contributed by atoms with Crippen LogP contribution in [0.1, 0.15) is 99.9 Å². The molecule has 4 nitrogen and oxygen atoms in total. The molecule has 166 valence electrons. The van der Waals surface area contributed by atoms with Crippen LogP contribution in [-0.4, -0.2) is 33.3 Å². The number of carbonyl (C=O) groups excluding carboxylic acids is 1.